The van der Waals surface area contributed by atoms with Crippen molar-refractivity contribution in [2.75, 3.05) is 7.11 Å². The van der Waals surface area contributed by atoms with Crippen LogP contribution in [0.2, 0.25) is 0 Å². The van der Waals surface area contributed by atoms with Gasteiger partial charge in [0.15, 0.2) is 0 Å². The van der Waals surface area contributed by atoms with E-state index in [0.717, 1.165) is 0 Å². The first-order valence-electron chi connectivity index (χ1n) is 3.79. The van der Waals surface area contributed by atoms with Crippen molar-refractivity contribution < 1.29 is 9.53 Å². The van der Waals surface area contributed by atoms with Gasteiger partial charge in [0.05, 0.1) is 7.11 Å². The molecule has 0 aromatic carbocycles. The van der Waals surface area contributed by atoms with Gasteiger partial charge < -0.3 is 4.74 Å². The zero-order valence-corrected chi connectivity index (χ0v) is 8.92. The number of ether oxygens (including phenoxy) is 1. The molecule has 2 heterocycles. The van der Waals surface area contributed by atoms with E-state index in [0.29, 0.717) is 4.88 Å². The number of aryl methyl sites for hydroxylation is 1. The van der Waals surface area contributed by atoms with Crippen LogP contribution in [0.1, 0.15) is 14.5 Å². The van der Waals surface area contributed by atoms with Gasteiger partial charge in [-0.15, -0.1) is 22.7 Å². The van der Waals surface area contributed by atoms with Crippen LogP contribution in [0.25, 0.3) is 9.40 Å². The van der Waals surface area contributed by atoms with E-state index in [1.54, 1.807) is 11.3 Å². The Labute approximate surface area is 83.8 Å². The number of carbonyl (C=O) groups excluding carboxylic acids is 1. The van der Waals surface area contributed by atoms with E-state index < -0.39 is 0 Å². The van der Waals surface area contributed by atoms with Crippen molar-refractivity contribution in [2.45, 2.75) is 6.92 Å². The lowest BCUT2D eigenvalue weighted by molar-refractivity contribution is 0.0606. The van der Waals surface area contributed by atoms with Gasteiger partial charge >= 0.3 is 5.97 Å². The van der Waals surface area contributed by atoms with Gasteiger partial charge in [0.2, 0.25) is 0 Å². The zero-order chi connectivity index (χ0) is 9.42. The van der Waals surface area contributed by atoms with Crippen LogP contribution in [0.3, 0.4) is 0 Å². The molecule has 0 aliphatic carbocycles. The van der Waals surface area contributed by atoms with E-state index in [1.165, 1.54) is 32.7 Å². The monoisotopic (exact) mass is 212 g/mol. The Morgan fingerprint density at radius 3 is 2.62 bits per heavy atom. The standard InChI is InChI=1S/C9H8O2S2/c1-5-3-6-7(12-5)4-8(13-6)9(10)11-2/h3-4H,1-2H3. The SMILES string of the molecule is COC(=O)c1cc2sc(C)cc2s1. The fourth-order valence-corrected chi connectivity index (χ4v) is 3.39. The molecule has 68 valence electrons. The number of hydrogen-bond donors (Lipinski definition) is 0. The summed E-state index contributed by atoms with van der Waals surface area (Å²) in [7, 11) is 1.40. The molecule has 0 radical (unpaired) electrons. The summed E-state index contributed by atoms with van der Waals surface area (Å²) in [6.07, 6.45) is 0. The Bertz CT molecular complexity index is 422. The fourth-order valence-electron chi connectivity index (χ4n) is 1.16. The third-order valence-corrected chi connectivity index (χ3v) is 3.91. The van der Waals surface area contributed by atoms with E-state index in [2.05, 4.69) is 17.7 Å². The van der Waals surface area contributed by atoms with Crippen LogP contribution in [-0.4, -0.2) is 13.1 Å². The lowest BCUT2D eigenvalue weighted by Crippen LogP contribution is -1.96. The number of esters is 1. The Kier molecular flexibility index (Phi) is 2.09. The molecular weight excluding hydrogens is 204 g/mol. The molecule has 2 rings (SSSR count). The molecule has 2 aromatic rings. The molecule has 0 amide bonds. The van der Waals surface area contributed by atoms with Crippen molar-refractivity contribution in [3.63, 3.8) is 0 Å². The first kappa shape index (κ1) is 8.72. The van der Waals surface area contributed by atoms with Crippen LogP contribution in [0.5, 0.6) is 0 Å². The van der Waals surface area contributed by atoms with Crippen molar-refractivity contribution in [3.05, 3.63) is 21.9 Å². The third-order valence-electron chi connectivity index (χ3n) is 1.72. The summed E-state index contributed by atoms with van der Waals surface area (Å²) in [5, 5.41) is 0. The van der Waals surface area contributed by atoms with Gasteiger partial charge in [0.25, 0.3) is 0 Å². The normalized spacial score (nSPS) is 10.6. The molecule has 2 aromatic heterocycles. The highest BCUT2D eigenvalue weighted by Crippen LogP contribution is 2.32. The Morgan fingerprint density at radius 2 is 2.00 bits per heavy atom. The van der Waals surface area contributed by atoms with Crippen LogP contribution >= 0.6 is 22.7 Å². The smallest absolute Gasteiger partial charge is 0.348 e. The van der Waals surface area contributed by atoms with E-state index in [9.17, 15) is 4.79 Å². The van der Waals surface area contributed by atoms with E-state index in [1.807, 2.05) is 6.07 Å². The Hall–Kier alpha value is -0.870. The summed E-state index contributed by atoms with van der Waals surface area (Å²) >= 11 is 3.19. The minimum Gasteiger partial charge on any atom is -0.465 e. The number of carbonyl (C=O) groups is 1. The predicted octanol–water partition coefficient (Wildman–Crippen LogP) is 3.06. The van der Waals surface area contributed by atoms with Gasteiger partial charge in [-0.2, -0.15) is 0 Å². The van der Waals surface area contributed by atoms with Crippen molar-refractivity contribution in [1.82, 2.24) is 0 Å². The first-order valence-corrected chi connectivity index (χ1v) is 5.42. The topological polar surface area (TPSA) is 26.3 Å². The molecule has 4 heteroatoms. The molecule has 0 atom stereocenters. The fraction of sp³-hybridized carbons (Fsp3) is 0.222. The van der Waals surface area contributed by atoms with E-state index in [4.69, 9.17) is 0 Å². The number of rotatable bonds is 1. The second-order valence-corrected chi connectivity index (χ2v) is 5.06. The molecule has 0 saturated heterocycles. The summed E-state index contributed by atoms with van der Waals surface area (Å²) in [5.41, 5.74) is 0. The highest BCUT2D eigenvalue weighted by molar-refractivity contribution is 7.28. The minimum absolute atomic E-state index is 0.244. The molecule has 0 spiro atoms. The van der Waals surface area contributed by atoms with Crippen molar-refractivity contribution in [2.24, 2.45) is 0 Å². The molecule has 13 heavy (non-hydrogen) atoms. The molecule has 0 N–H and O–H groups in total. The second kappa shape index (κ2) is 3.12. The largest absolute Gasteiger partial charge is 0.465 e. The van der Waals surface area contributed by atoms with E-state index >= 15 is 0 Å². The predicted molar refractivity (Wildman–Crippen MR) is 55.8 cm³/mol. The van der Waals surface area contributed by atoms with Gasteiger partial charge in [-0.3, -0.25) is 0 Å². The Morgan fingerprint density at radius 1 is 1.31 bits per heavy atom. The highest BCUT2D eigenvalue weighted by atomic mass is 32.1. The first-order chi connectivity index (χ1) is 6.20. The van der Waals surface area contributed by atoms with Gasteiger partial charge in [0.1, 0.15) is 4.88 Å². The highest BCUT2D eigenvalue weighted by Gasteiger charge is 2.11. The number of methoxy groups -OCH3 is 1. The van der Waals surface area contributed by atoms with E-state index in [-0.39, 0.29) is 5.97 Å². The summed E-state index contributed by atoms with van der Waals surface area (Å²) in [5.74, 6) is -0.244. The van der Waals surface area contributed by atoms with Gasteiger partial charge in [-0.05, 0) is 19.1 Å². The van der Waals surface area contributed by atoms with Crippen LogP contribution in [-0.2, 0) is 4.74 Å². The summed E-state index contributed by atoms with van der Waals surface area (Å²) in [6.45, 7) is 2.06. The number of hydrogen-bond acceptors (Lipinski definition) is 4. The zero-order valence-electron chi connectivity index (χ0n) is 7.29. The van der Waals surface area contributed by atoms with Crippen molar-refractivity contribution >= 4 is 38.0 Å². The maximum Gasteiger partial charge on any atom is 0.348 e. The summed E-state index contributed by atoms with van der Waals surface area (Å²) in [6, 6.07) is 3.99. The molecule has 0 unspecified atom stereocenters. The lowest BCUT2D eigenvalue weighted by Gasteiger charge is -1.90. The molecule has 0 saturated carbocycles. The molecule has 0 bridgehead atoms. The minimum atomic E-state index is -0.244. The number of thiophene rings is 2. The molecular formula is C9H8O2S2. The maximum atomic E-state index is 11.2. The van der Waals surface area contributed by atoms with Gasteiger partial charge in [-0.25, -0.2) is 4.79 Å². The third kappa shape index (κ3) is 1.47. The van der Waals surface area contributed by atoms with Crippen LogP contribution in [0.15, 0.2) is 12.1 Å². The van der Waals surface area contributed by atoms with Crippen LogP contribution < -0.4 is 0 Å². The summed E-state index contributed by atoms with van der Waals surface area (Å²) < 4.78 is 6.98. The average molecular weight is 212 g/mol. The molecule has 0 aliphatic rings. The van der Waals surface area contributed by atoms with Gasteiger partial charge in [-0.1, -0.05) is 0 Å². The number of fused-ring (bicyclic) bond motifs is 1. The average Bonchev–Trinajstić information content (AvgIpc) is 2.59. The molecule has 0 fully saturated rings. The second-order valence-electron chi connectivity index (χ2n) is 2.69. The maximum absolute atomic E-state index is 11.2. The molecule has 0 aliphatic heterocycles. The molecule has 2 nitrogen and oxygen atoms in total. The van der Waals surface area contributed by atoms with Crippen LogP contribution in [0.4, 0.5) is 0 Å². The summed E-state index contributed by atoms with van der Waals surface area (Å²) in [4.78, 5) is 13.1. The van der Waals surface area contributed by atoms with Crippen molar-refractivity contribution in [3.8, 4) is 0 Å². The Balaban J connectivity index is 2.51. The van der Waals surface area contributed by atoms with Gasteiger partial charge in [0, 0.05) is 14.3 Å². The quantitative estimate of drug-likeness (QED) is 0.679. The van der Waals surface area contributed by atoms with Crippen molar-refractivity contribution in [1.29, 1.82) is 0 Å². The lowest BCUT2D eigenvalue weighted by atomic mass is 10.4. The van der Waals surface area contributed by atoms with Crippen LogP contribution in [0, 0.1) is 6.92 Å².